The van der Waals surface area contributed by atoms with Gasteiger partial charge in [0.05, 0.1) is 0 Å². The summed E-state index contributed by atoms with van der Waals surface area (Å²) in [6, 6.07) is 3.86. The highest BCUT2D eigenvalue weighted by Gasteiger charge is 2.15. The highest BCUT2D eigenvalue weighted by atomic mass is 32.1. The molecule has 2 N–H and O–H groups in total. The molecule has 1 aromatic rings. The zero-order valence-electron chi connectivity index (χ0n) is 11.2. The van der Waals surface area contributed by atoms with Gasteiger partial charge >= 0.3 is 0 Å². The molecule has 0 aliphatic heterocycles. The molecule has 0 fully saturated rings. The van der Waals surface area contributed by atoms with Gasteiger partial charge in [-0.15, -0.1) is 0 Å². The zero-order chi connectivity index (χ0) is 13.2. The van der Waals surface area contributed by atoms with Crippen molar-refractivity contribution in [1.82, 2.24) is 4.98 Å². The molecule has 1 rings (SSSR count). The van der Waals surface area contributed by atoms with E-state index in [9.17, 15) is 0 Å². The summed E-state index contributed by atoms with van der Waals surface area (Å²) >= 11 is 5.01. The third kappa shape index (κ3) is 4.30. The molecule has 0 spiro atoms. The minimum Gasteiger partial charge on any atom is -0.389 e. The smallest absolute Gasteiger partial charge is 0.129 e. The lowest BCUT2D eigenvalue weighted by Gasteiger charge is -2.27. The minimum atomic E-state index is 0.226. The molecule has 1 heterocycles. The number of nitrogens with two attached hydrogens (primary N) is 1. The monoisotopic (exact) mass is 251 g/mol. The SMILES string of the molecule is Cc1cc(C(N)=S)cc(N(C)CC(C)(C)C)n1. The third-order valence-electron chi connectivity index (χ3n) is 2.33. The summed E-state index contributed by atoms with van der Waals surface area (Å²) in [6.07, 6.45) is 0. The van der Waals surface area contributed by atoms with Gasteiger partial charge in [-0.25, -0.2) is 4.98 Å². The van der Waals surface area contributed by atoms with Crippen molar-refractivity contribution in [2.24, 2.45) is 11.1 Å². The van der Waals surface area contributed by atoms with E-state index in [1.807, 2.05) is 26.1 Å². The number of hydrogen-bond acceptors (Lipinski definition) is 3. The van der Waals surface area contributed by atoms with Crippen LogP contribution >= 0.6 is 12.2 Å². The van der Waals surface area contributed by atoms with E-state index in [0.717, 1.165) is 23.6 Å². The number of aromatic nitrogens is 1. The van der Waals surface area contributed by atoms with Gasteiger partial charge in [0, 0.05) is 24.8 Å². The first-order valence-electron chi connectivity index (χ1n) is 5.69. The van der Waals surface area contributed by atoms with Crippen molar-refractivity contribution in [2.75, 3.05) is 18.5 Å². The average Bonchev–Trinajstić information content (AvgIpc) is 2.13. The molecular formula is C13H21N3S. The Bertz CT molecular complexity index is 421. The van der Waals surface area contributed by atoms with Crippen LogP contribution in [0.25, 0.3) is 0 Å². The Kier molecular flexibility index (Phi) is 4.09. The van der Waals surface area contributed by atoms with Crippen LogP contribution in [0.4, 0.5) is 5.82 Å². The lowest BCUT2D eigenvalue weighted by Crippen LogP contribution is -2.30. The molecule has 0 saturated carbocycles. The van der Waals surface area contributed by atoms with Crippen LogP contribution in [-0.4, -0.2) is 23.6 Å². The third-order valence-corrected chi connectivity index (χ3v) is 2.56. The van der Waals surface area contributed by atoms with Gasteiger partial charge in [-0.2, -0.15) is 0 Å². The van der Waals surface area contributed by atoms with E-state index >= 15 is 0 Å². The van der Waals surface area contributed by atoms with Gasteiger partial charge in [-0.05, 0) is 24.5 Å². The van der Waals surface area contributed by atoms with E-state index < -0.39 is 0 Å². The second kappa shape index (κ2) is 5.00. The molecule has 17 heavy (non-hydrogen) atoms. The van der Waals surface area contributed by atoms with Crippen LogP contribution in [0.3, 0.4) is 0 Å². The van der Waals surface area contributed by atoms with Crippen molar-refractivity contribution in [1.29, 1.82) is 0 Å². The van der Waals surface area contributed by atoms with Crippen molar-refractivity contribution in [3.05, 3.63) is 23.4 Å². The maximum Gasteiger partial charge on any atom is 0.129 e. The Morgan fingerprint density at radius 1 is 1.41 bits per heavy atom. The Morgan fingerprint density at radius 2 is 2.00 bits per heavy atom. The summed E-state index contributed by atoms with van der Waals surface area (Å²) in [5.74, 6) is 0.919. The number of nitrogens with zero attached hydrogens (tertiary/aromatic N) is 2. The molecule has 0 amide bonds. The van der Waals surface area contributed by atoms with Crippen molar-refractivity contribution < 1.29 is 0 Å². The van der Waals surface area contributed by atoms with E-state index in [1.165, 1.54) is 0 Å². The van der Waals surface area contributed by atoms with Gasteiger partial charge in [0.25, 0.3) is 0 Å². The number of aryl methyl sites for hydroxylation is 1. The lowest BCUT2D eigenvalue weighted by atomic mass is 9.96. The number of hydrogen-bond donors (Lipinski definition) is 1. The normalized spacial score (nSPS) is 11.4. The molecule has 0 saturated heterocycles. The zero-order valence-corrected chi connectivity index (χ0v) is 12.1. The highest BCUT2D eigenvalue weighted by Crippen LogP contribution is 2.20. The average molecular weight is 251 g/mol. The van der Waals surface area contributed by atoms with Crippen LogP contribution in [0, 0.1) is 12.3 Å². The molecule has 0 bridgehead atoms. The Morgan fingerprint density at radius 3 is 2.47 bits per heavy atom. The molecular weight excluding hydrogens is 230 g/mol. The second-order valence-electron chi connectivity index (χ2n) is 5.64. The molecule has 0 aliphatic rings. The van der Waals surface area contributed by atoms with E-state index in [-0.39, 0.29) is 5.41 Å². The van der Waals surface area contributed by atoms with Crippen LogP contribution < -0.4 is 10.6 Å². The quantitative estimate of drug-likeness (QED) is 0.838. The predicted octanol–water partition coefficient (Wildman–Crippen LogP) is 2.51. The number of anilines is 1. The Balaban J connectivity index is 3.01. The molecule has 0 unspecified atom stereocenters. The molecule has 1 aromatic heterocycles. The van der Waals surface area contributed by atoms with Gasteiger partial charge in [-0.3, -0.25) is 0 Å². The molecule has 0 aliphatic carbocycles. The van der Waals surface area contributed by atoms with E-state index in [4.69, 9.17) is 18.0 Å². The van der Waals surface area contributed by atoms with Gasteiger partial charge in [0.2, 0.25) is 0 Å². The van der Waals surface area contributed by atoms with E-state index in [0.29, 0.717) is 4.99 Å². The van der Waals surface area contributed by atoms with E-state index in [1.54, 1.807) is 0 Å². The number of rotatable bonds is 3. The summed E-state index contributed by atoms with van der Waals surface area (Å²) in [6.45, 7) is 9.49. The van der Waals surface area contributed by atoms with Gasteiger partial charge in [0.15, 0.2) is 0 Å². The first-order valence-corrected chi connectivity index (χ1v) is 6.09. The molecule has 3 nitrogen and oxygen atoms in total. The maximum absolute atomic E-state index is 5.66. The summed E-state index contributed by atoms with van der Waals surface area (Å²) in [5.41, 5.74) is 7.70. The fourth-order valence-corrected chi connectivity index (χ4v) is 1.90. The van der Waals surface area contributed by atoms with Crippen molar-refractivity contribution in [3.63, 3.8) is 0 Å². The van der Waals surface area contributed by atoms with Crippen LogP contribution in [0.15, 0.2) is 12.1 Å². The van der Waals surface area contributed by atoms with Crippen LogP contribution in [0.5, 0.6) is 0 Å². The van der Waals surface area contributed by atoms with Crippen LogP contribution in [0.1, 0.15) is 32.0 Å². The topological polar surface area (TPSA) is 42.1 Å². The molecule has 0 atom stereocenters. The standard InChI is InChI=1S/C13H21N3S/c1-9-6-10(12(14)17)7-11(15-9)16(5)8-13(2,3)4/h6-7H,8H2,1-5H3,(H2,14,17). The number of thiocarbonyl (C=S) groups is 1. The highest BCUT2D eigenvalue weighted by molar-refractivity contribution is 7.80. The van der Waals surface area contributed by atoms with Crippen LogP contribution in [0.2, 0.25) is 0 Å². The Hall–Kier alpha value is -1.16. The van der Waals surface area contributed by atoms with Crippen molar-refractivity contribution in [2.45, 2.75) is 27.7 Å². The minimum absolute atomic E-state index is 0.226. The molecule has 94 valence electrons. The molecule has 0 radical (unpaired) electrons. The van der Waals surface area contributed by atoms with E-state index in [2.05, 4.69) is 30.7 Å². The summed E-state index contributed by atoms with van der Waals surface area (Å²) in [5, 5.41) is 0. The molecule has 0 aromatic carbocycles. The van der Waals surface area contributed by atoms with Gasteiger partial charge in [-0.1, -0.05) is 33.0 Å². The maximum atomic E-state index is 5.66. The van der Waals surface area contributed by atoms with Gasteiger partial charge in [0.1, 0.15) is 10.8 Å². The Labute approximate surface area is 109 Å². The fourth-order valence-electron chi connectivity index (χ4n) is 1.78. The number of pyridine rings is 1. The summed E-state index contributed by atoms with van der Waals surface area (Å²) in [4.78, 5) is 7.06. The van der Waals surface area contributed by atoms with Crippen LogP contribution in [-0.2, 0) is 0 Å². The lowest BCUT2D eigenvalue weighted by molar-refractivity contribution is 0.417. The largest absolute Gasteiger partial charge is 0.389 e. The second-order valence-corrected chi connectivity index (χ2v) is 6.08. The summed E-state index contributed by atoms with van der Waals surface area (Å²) in [7, 11) is 2.04. The fraction of sp³-hybridized carbons (Fsp3) is 0.538. The van der Waals surface area contributed by atoms with Gasteiger partial charge < -0.3 is 10.6 Å². The first kappa shape index (κ1) is 13.9. The predicted molar refractivity (Wildman–Crippen MR) is 77.6 cm³/mol. The first-order chi connectivity index (χ1) is 7.69. The van der Waals surface area contributed by atoms with Crippen molar-refractivity contribution >= 4 is 23.0 Å². The summed E-state index contributed by atoms with van der Waals surface area (Å²) < 4.78 is 0. The van der Waals surface area contributed by atoms with Crippen molar-refractivity contribution in [3.8, 4) is 0 Å². The molecule has 4 heteroatoms.